The fourth-order valence-electron chi connectivity index (χ4n) is 2.77. The van der Waals surface area contributed by atoms with Gasteiger partial charge in [0.15, 0.2) is 0 Å². The first-order valence-corrected chi connectivity index (χ1v) is 7.90. The average Bonchev–Trinajstić information content (AvgIpc) is 2.58. The lowest BCUT2D eigenvalue weighted by molar-refractivity contribution is 0.102. The second kappa shape index (κ2) is 6.58. The number of fused-ring (bicyclic) bond motifs is 1. The first-order chi connectivity index (χ1) is 11.6. The van der Waals surface area contributed by atoms with Gasteiger partial charge in [0, 0.05) is 24.1 Å². The highest BCUT2D eigenvalue weighted by atomic mass is 16.2. The van der Waals surface area contributed by atoms with Gasteiger partial charge in [0.05, 0.1) is 10.9 Å². The number of carbonyl (C=O) groups is 1. The molecule has 0 spiro atoms. The molecule has 0 bridgehead atoms. The van der Waals surface area contributed by atoms with Crippen LogP contribution in [0.2, 0.25) is 0 Å². The van der Waals surface area contributed by atoms with Crippen molar-refractivity contribution in [3.05, 3.63) is 70.5 Å². The largest absolute Gasteiger partial charge is 0.398 e. The Balaban J connectivity index is 2.14. The molecule has 5 heteroatoms. The Bertz CT molecular complexity index is 946. The Morgan fingerprint density at radius 2 is 1.88 bits per heavy atom. The van der Waals surface area contributed by atoms with Gasteiger partial charge in [-0.05, 0) is 30.7 Å². The fourth-order valence-corrected chi connectivity index (χ4v) is 2.77. The number of pyridine rings is 1. The number of para-hydroxylation sites is 1. The predicted octanol–water partition coefficient (Wildman–Crippen LogP) is 3.25. The van der Waals surface area contributed by atoms with Crippen molar-refractivity contribution in [2.24, 2.45) is 0 Å². The van der Waals surface area contributed by atoms with E-state index in [4.69, 9.17) is 5.73 Å². The molecule has 1 amide bonds. The Hall–Kier alpha value is -3.08. The monoisotopic (exact) mass is 321 g/mol. The Morgan fingerprint density at radius 3 is 2.58 bits per heavy atom. The standard InChI is InChI=1S/C19H19N3O2/c1-2-11-22-12-14(19(24)21-13-7-4-3-5-8-13)18(23)17-15(20)9-6-10-16(17)22/h3-10,12H,2,11,20H2,1H3,(H,21,24). The molecule has 0 fully saturated rings. The lowest BCUT2D eigenvalue weighted by Gasteiger charge is -2.14. The molecule has 3 rings (SSSR count). The summed E-state index contributed by atoms with van der Waals surface area (Å²) >= 11 is 0. The molecule has 0 aliphatic carbocycles. The molecule has 0 saturated heterocycles. The van der Waals surface area contributed by atoms with Crippen LogP contribution >= 0.6 is 0 Å². The summed E-state index contributed by atoms with van der Waals surface area (Å²) in [6.07, 6.45) is 2.50. The van der Waals surface area contributed by atoms with Gasteiger partial charge < -0.3 is 15.6 Å². The highest BCUT2D eigenvalue weighted by molar-refractivity contribution is 6.06. The molecule has 1 aromatic heterocycles. The zero-order valence-corrected chi connectivity index (χ0v) is 13.5. The number of nitrogens with zero attached hydrogens (tertiary/aromatic N) is 1. The lowest BCUT2D eigenvalue weighted by atomic mass is 10.1. The minimum Gasteiger partial charge on any atom is -0.398 e. The van der Waals surface area contributed by atoms with Gasteiger partial charge in [0.1, 0.15) is 5.56 Å². The molecule has 122 valence electrons. The van der Waals surface area contributed by atoms with E-state index in [0.29, 0.717) is 23.3 Å². The summed E-state index contributed by atoms with van der Waals surface area (Å²) in [5, 5.41) is 3.15. The Kier molecular flexibility index (Phi) is 4.33. The van der Waals surface area contributed by atoms with E-state index in [0.717, 1.165) is 11.9 Å². The third-order valence-corrected chi connectivity index (χ3v) is 3.88. The van der Waals surface area contributed by atoms with E-state index in [1.54, 1.807) is 24.4 Å². The number of benzene rings is 2. The molecule has 2 aromatic carbocycles. The topological polar surface area (TPSA) is 77.1 Å². The number of amides is 1. The number of nitrogen functional groups attached to an aromatic ring is 1. The number of nitrogens with two attached hydrogens (primary N) is 1. The van der Waals surface area contributed by atoms with E-state index >= 15 is 0 Å². The van der Waals surface area contributed by atoms with Crippen molar-refractivity contribution in [2.75, 3.05) is 11.1 Å². The van der Waals surface area contributed by atoms with Gasteiger partial charge in [-0.2, -0.15) is 0 Å². The highest BCUT2D eigenvalue weighted by Gasteiger charge is 2.17. The van der Waals surface area contributed by atoms with Crippen molar-refractivity contribution < 1.29 is 4.79 Å². The minimum absolute atomic E-state index is 0.0951. The molecular formula is C19H19N3O2. The van der Waals surface area contributed by atoms with Crippen LogP contribution in [-0.4, -0.2) is 10.5 Å². The van der Waals surface area contributed by atoms with Crippen molar-refractivity contribution in [3.8, 4) is 0 Å². The summed E-state index contributed by atoms with van der Waals surface area (Å²) in [7, 11) is 0. The Morgan fingerprint density at radius 1 is 1.12 bits per heavy atom. The zero-order chi connectivity index (χ0) is 17.1. The number of nitrogens with one attached hydrogen (secondary N) is 1. The van der Waals surface area contributed by atoms with Crippen LogP contribution < -0.4 is 16.5 Å². The Labute approximate surface area is 139 Å². The molecule has 3 aromatic rings. The van der Waals surface area contributed by atoms with Gasteiger partial charge in [-0.25, -0.2) is 0 Å². The average molecular weight is 321 g/mol. The quantitative estimate of drug-likeness (QED) is 0.724. The van der Waals surface area contributed by atoms with E-state index < -0.39 is 5.91 Å². The molecule has 0 aliphatic rings. The first kappa shape index (κ1) is 15.8. The van der Waals surface area contributed by atoms with Crippen molar-refractivity contribution >= 4 is 28.2 Å². The molecule has 1 heterocycles. The molecule has 0 unspecified atom stereocenters. The van der Waals surface area contributed by atoms with E-state index in [9.17, 15) is 9.59 Å². The zero-order valence-electron chi connectivity index (χ0n) is 13.5. The number of hydrogen-bond donors (Lipinski definition) is 2. The molecule has 5 nitrogen and oxygen atoms in total. The van der Waals surface area contributed by atoms with Crippen LogP contribution in [0.15, 0.2) is 59.5 Å². The normalized spacial score (nSPS) is 10.7. The number of hydrogen-bond acceptors (Lipinski definition) is 3. The number of aromatic nitrogens is 1. The third kappa shape index (κ3) is 2.88. The maximum absolute atomic E-state index is 12.8. The van der Waals surface area contributed by atoms with Gasteiger partial charge in [-0.15, -0.1) is 0 Å². The van der Waals surface area contributed by atoms with Crippen LogP contribution in [0.1, 0.15) is 23.7 Å². The van der Waals surface area contributed by atoms with Crippen molar-refractivity contribution in [2.45, 2.75) is 19.9 Å². The summed E-state index contributed by atoms with van der Waals surface area (Å²) < 4.78 is 1.91. The highest BCUT2D eigenvalue weighted by Crippen LogP contribution is 2.19. The number of aryl methyl sites for hydroxylation is 1. The van der Waals surface area contributed by atoms with Crippen molar-refractivity contribution in [1.29, 1.82) is 0 Å². The maximum atomic E-state index is 12.8. The summed E-state index contributed by atoms with van der Waals surface area (Å²) in [5.74, 6) is -0.429. The SMILES string of the molecule is CCCn1cc(C(=O)Nc2ccccc2)c(=O)c2c(N)cccc21. The van der Waals surface area contributed by atoms with Crippen LogP contribution in [0.25, 0.3) is 10.9 Å². The summed E-state index contributed by atoms with van der Waals surface area (Å²) in [5.41, 5.74) is 7.53. The molecule has 24 heavy (non-hydrogen) atoms. The van der Waals surface area contributed by atoms with Gasteiger partial charge in [0.25, 0.3) is 5.91 Å². The number of carbonyl (C=O) groups excluding carboxylic acids is 1. The predicted molar refractivity (Wildman–Crippen MR) is 97.3 cm³/mol. The summed E-state index contributed by atoms with van der Waals surface area (Å²) in [6, 6.07) is 14.4. The smallest absolute Gasteiger partial charge is 0.261 e. The fraction of sp³-hybridized carbons (Fsp3) is 0.158. The maximum Gasteiger partial charge on any atom is 0.261 e. The van der Waals surface area contributed by atoms with Crippen LogP contribution in [-0.2, 0) is 6.54 Å². The first-order valence-electron chi connectivity index (χ1n) is 7.90. The molecule has 3 N–H and O–H groups in total. The molecule has 0 radical (unpaired) electrons. The summed E-state index contributed by atoms with van der Waals surface area (Å²) in [6.45, 7) is 2.74. The number of rotatable bonds is 4. The van der Waals surface area contributed by atoms with Crippen molar-refractivity contribution in [3.63, 3.8) is 0 Å². The molecule has 0 atom stereocenters. The minimum atomic E-state index is -0.429. The van der Waals surface area contributed by atoms with E-state index in [1.165, 1.54) is 0 Å². The molecular weight excluding hydrogens is 302 g/mol. The van der Waals surface area contributed by atoms with Gasteiger partial charge in [-0.1, -0.05) is 31.2 Å². The van der Waals surface area contributed by atoms with E-state index in [-0.39, 0.29) is 11.0 Å². The number of anilines is 2. The second-order valence-corrected chi connectivity index (χ2v) is 5.63. The lowest BCUT2D eigenvalue weighted by Crippen LogP contribution is -2.24. The van der Waals surface area contributed by atoms with Gasteiger partial charge in [-0.3, -0.25) is 9.59 Å². The van der Waals surface area contributed by atoms with Crippen molar-refractivity contribution in [1.82, 2.24) is 4.57 Å². The molecule has 0 saturated carbocycles. The molecule has 0 aliphatic heterocycles. The third-order valence-electron chi connectivity index (χ3n) is 3.88. The second-order valence-electron chi connectivity index (χ2n) is 5.63. The van der Waals surface area contributed by atoms with Crippen LogP contribution in [0.4, 0.5) is 11.4 Å². The van der Waals surface area contributed by atoms with Crippen LogP contribution in [0, 0.1) is 0 Å². The summed E-state index contributed by atoms with van der Waals surface area (Å²) in [4.78, 5) is 25.4. The van der Waals surface area contributed by atoms with Crippen LogP contribution in [0.3, 0.4) is 0 Å². The van der Waals surface area contributed by atoms with Gasteiger partial charge >= 0.3 is 0 Å². The van der Waals surface area contributed by atoms with E-state index in [1.807, 2.05) is 41.8 Å². The van der Waals surface area contributed by atoms with Crippen LogP contribution in [0.5, 0.6) is 0 Å². The van der Waals surface area contributed by atoms with E-state index in [2.05, 4.69) is 5.32 Å². The van der Waals surface area contributed by atoms with Gasteiger partial charge in [0.2, 0.25) is 5.43 Å².